The molecule has 0 bridgehead atoms. The van der Waals surface area contributed by atoms with Crippen LogP contribution >= 0.6 is 0 Å². The lowest BCUT2D eigenvalue weighted by atomic mass is 9.96. The van der Waals surface area contributed by atoms with Crippen LogP contribution in [0.25, 0.3) is 0 Å². The van der Waals surface area contributed by atoms with Crippen LogP contribution in [0.15, 0.2) is 0 Å². The Bertz CT molecular complexity index is 623. The number of hydrogen-bond acceptors (Lipinski definition) is 14. The molecular weight excluding hydrogens is 452 g/mol. The average molecular weight is 486 g/mol. The molecule has 3 fully saturated rings. The molecule has 15 unspecified atom stereocenters. The molecule has 3 rings (SSSR count). The monoisotopic (exact) mass is 486 g/mol. The summed E-state index contributed by atoms with van der Waals surface area (Å²) in [5.41, 5.74) is 0. The summed E-state index contributed by atoms with van der Waals surface area (Å²) < 4.78 is 33.2. The summed E-state index contributed by atoms with van der Waals surface area (Å²) in [4.78, 5) is 0. The molecule has 8 N–H and O–H groups in total. The lowest BCUT2D eigenvalue weighted by molar-refractivity contribution is -0.386. The second kappa shape index (κ2) is 11.0. The Hall–Kier alpha value is -0.560. The molecule has 3 heterocycles. The quantitative estimate of drug-likeness (QED) is 0.177. The fraction of sp³-hybridized carbons (Fsp3) is 1.00. The third kappa shape index (κ3) is 5.34. The van der Waals surface area contributed by atoms with Crippen LogP contribution in [0.1, 0.15) is 13.8 Å². The lowest BCUT2D eigenvalue weighted by Gasteiger charge is -2.48. The normalized spacial score (nSPS) is 53.7. The maximum Gasteiger partial charge on any atom is 0.187 e. The van der Waals surface area contributed by atoms with Gasteiger partial charge in [0.1, 0.15) is 61.0 Å². The fourth-order valence-corrected chi connectivity index (χ4v) is 4.09. The van der Waals surface area contributed by atoms with Gasteiger partial charge in [-0.2, -0.15) is 0 Å². The molecule has 0 aromatic carbocycles. The summed E-state index contributed by atoms with van der Waals surface area (Å²) in [6, 6.07) is 0. The Kier molecular flexibility index (Phi) is 9.02. The van der Waals surface area contributed by atoms with Crippen molar-refractivity contribution in [2.24, 2.45) is 0 Å². The highest BCUT2D eigenvalue weighted by Gasteiger charge is 2.53. The van der Waals surface area contributed by atoms with Crippen LogP contribution in [0.2, 0.25) is 0 Å². The van der Waals surface area contributed by atoms with Gasteiger partial charge in [0.05, 0.1) is 18.8 Å². The zero-order chi connectivity index (χ0) is 24.6. The Morgan fingerprint density at radius 2 is 1.06 bits per heavy atom. The van der Waals surface area contributed by atoms with Gasteiger partial charge in [-0.1, -0.05) is 0 Å². The van der Waals surface area contributed by atoms with Crippen LogP contribution in [-0.4, -0.2) is 147 Å². The van der Waals surface area contributed by atoms with Crippen molar-refractivity contribution in [1.29, 1.82) is 0 Å². The number of methoxy groups -OCH3 is 1. The Balaban J connectivity index is 1.83. The number of ether oxygens (including phenoxy) is 6. The Morgan fingerprint density at radius 3 is 1.64 bits per heavy atom. The molecule has 3 aliphatic rings. The predicted octanol–water partition coefficient (Wildman–Crippen LogP) is -4.86. The largest absolute Gasteiger partial charge is 0.394 e. The van der Waals surface area contributed by atoms with Gasteiger partial charge in [-0.05, 0) is 13.8 Å². The van der Waals surface area contributed by atoms with Crippen LogP contribution in [0.3, 0.4) is 0 Å². The van der Waals surface area contributed by atoms with E-state index in [-0.39, 0.29) is 0 Å². The third-order valence-electron chi connectivity index (χ3n) is 6.23. The van der Waals surface area contributed by atoms with Crippen LogP contribution < -0.4 is 0 Å². The first kappa shape index (κ1) is 27.0. The maximum absolute atomic E-state index is 10.7. The molecule has 0 spiro atoms. The van der Waals surface area contributed by atoms with E-state index >= 15 is 0 Å². The third-order valence-corrected chi connectivity index (χ3v) is 6.23. The highest BCUT2D eigenvalue weighted by atomic mass is 16.8. The molecule has 0 aromatic rings. The van der Waals surface area contributed by atoms with Crippen LogP contribution in [0, 0.1) is 0 Å². The average Bonchev–Trinajstić information content (AvgIpc) is 2.80. The van der Waals surface area contributed by atoms with E-state index in [0.29, 0.717) is 0 Å². The highest BCUT2D eigenvalue weighted by Crippen LogP contribution is 2.33. The first-order valence-electron chi connectivity index (χ1n) is 10.7. The van der Waals surface area contributed by atoms with E-state index in [1.54, 1.807) is 0 Å². The zero-order valence-corrected chi connectivity index (χ0v) is 18.4. The molecule has 194 valence electrons. The van der Waals surface area contributed by atoms with E-state index < -0.39 is 98.7 Å². The first-order valence-corrected chi connectivity index (χ1v) is 10.7. The summed E-state index contributed by atoms with van der Waals surface area (Å²) in [6.07, 6.45) is -21.0. The summed E-state index contributed by atoms with van der Waals surface area (Å²) >= 11 is 0. The van der Waals surface area contributed by atoms with E-state index in [1.165, 1.54) is 21.0 Å². The van der Waals surface area contributed by atoms with Gasteiger partial charge in [0.2, 0.25) is 0 Å². The van der Waals surface area contributed by atoms with Crippen molar-refractivity contribution >= 4 is 0 Å². The highest BCUT2D eigenvalue weighted by molar-refractivity contribution is 4.95. The zero-order valence-electron chi connectivity index (χ0n) is 18.4. The Morgan fingerprint density at radius 1 is 0.576 bits per heavy atom. The summed E-state index contributed by atoms with van der Waals surface area (Å²) in [5.74, 6) is 0. The van der Waals surface area contributed by atoms with Gasteiger partial charge in [-0.15, -0.1) is 0 Å². The molecule has 0 radical (unpaired) electrons. The van der Waals surface area contributed by atoms with Gasteiger partial charge in [0.25, 0.3) is 0 Å². The van der Waals surface area contributed by atoms with Gasteiger partial charge in [-0.3, -0.25) is 0 Å². The minimum absolute atomic E-state index is 0.681. The van der Waals surface area contributed by atoms with E-state index in [4.69, 9.17) is 28.4 Å². The molecule has 33 heavy (non-hydrogen) atoms. The molecule has 0 aromatic heterocycles. The van der Waals surface area contributed by atoms with Crippen LogP contribution in [0.5, 0.6) is 0 Å². The van der Waals surface area contributed by atoms with Gasteiger partial charge in [0, 0.05) is 7.11 Å². The topological polar surface area (TPSA) is 217 Å². The minimum atomic E-state index is -1.74. The minimum Gasteiger partial charge on any atom is -0.394 e. The van der Waals surface area contributed by atoms with E-state index in [2.05, 4.69) is 0 Å². The van der Waals surface area contributed by atoms with Crippen molar-refractivity contribution in [3.63, 3.8) is 0 Å². The summed E-state index contributed by atoms with van der Waals surface area (Å²) in [5, 5.41) is 80.8. The van der Waals surface area contributed by atoms with Crippen LogP contribution in [0.4, 0.5) is 0 Å². The molecule has 0 saturated carbocycles. The molecule has 14 nitrogen and oxygen atoms in total. The molecule has 3 saturated heterocycles. The second-order valence-corrected chi connectivity index (χ2v) is 8.52. The number of aliphatic hydroxyl groups excluding tert-OH is 8. The number of rotatable bonds is 6. The molecule has 3 aliphatic heterocycles. The van der Waals surface area contributed by atoms with E-state index in [0.717, 1.165) is 0 Å². The van der Waals surface area contributed by atoms with E-state index in [1.807, 2.05) is 0 Å². The SMILES string of the molecule is COC1OC(C)C(O)C(OC2OC(C)C(O)C(O)C2O)C1OC1OC(CO)C(O)C(O)C1O. The van der Waals surface area contributed by atoms with Crippen molar-refractivity contribution in [1.82, 2.24) is 0 Å². The lowest BCUT2D eigenvalue weighted by Crippen LogP contribution is -2.66. The Labute approximate surface area is 189 Å². The van der Waals surface area contributed by atoms with Crippen molar-refractivity contribution in [2.75, 3.05) is 13.7 Å². The molecule has 0 aliphatic carbocycles. The van der Waals surface area contributed by atoms with E-state index in [9.17, 15) is 40.9 Å². The smallest absolute Gasteiger partial charge is 0.187 e. The summed E-state index contributed by atoms with van der Waals surface area (Å²) in [7, 11) is 1.28. The van der Waals surface area contributed by atoms with Gasteiger partial charge >= 0.3 is 0 Å². The fourth-order valence-electron chi connectivity index (χ4n) is 4.09. The van der Waals surface area contributed by atoms with Crippen molar-refractivity contribution in [3.8, 4) is 0 Å². The molecule has 14 heteroatoms. The van der Waals surface area contributed by atoms with Gasteiger partial charge in [-0.25, -0.2) is 0 Å². The standard InChI is InChI=1S/C19H34O14/c1-5-8(21)11(24)13(26)17(29-5)32-15-9(22)6(2)30-19(28-3)16(15)33-18-14(27)12(25)10(23)7(4-20)31-18/h5-27H,4H2,1-3H3. The van der Waals surface area contributed by atoms with Gasteiger partial charge < -0.3 is 69.3 Å². The first-order chi connectivity index (χ1) is 15.5. The summed E-state index contributed by atoms with van der Waals surface area (Å²) in [6.45, 7) is 2.30. The van der Waals surface area contributed by atoms with Crippen molar-refractivity contribution < 1.29 is 69.3 Å². The molecule has 0 amide bonds. The number of hydrogen-bond donors (Lipinski definition) is 8. The second-order valence-electron chi connectivity index (χ2n) is 8.52. The molecule has 15 atom stereocenters. The van der Waals surface area contributed by atoms with Crippen molar-refractivity contribution in [3.05, 3.63) is 0 Å². The van der Waals surface area contributed by atoms with Gasteiger partial charge in [0.15, 0.2) is 18.9 Å². The predicted molar refractivity (Wildman–Crippen MR) is 103 cm³/mol. The van der Waals surface area contributed by atoms with Crippen molar-refractivity contribution in [2.45, 2.75) is 106 Å². The van der Waals surface area contributed by atoms with Crippen LogP contribution in [-0.2, 0) is 28.4 Å². The maximum atomic E-state index is 10.7. The number of aliphatic hydroxyl groups is 8. The molecular formula is C19H34O14.